The van der Waals surface area contributed by atoms with Crippen molar-refractivity contribution in [1.29, 1.82) is 0 Å². The lowest BCUT2D eigenvalue weighted by atomic mass is 10.2. The first-order chi connectivity index (χ1) is 9.56. The van der Waals surface area contributed by atoms with Crippen LogP contribution in [0.1, 0.15) is 10.4 Å². The zero-order valence-electron chi connectivity index (χ0n) is 10.3. The standard InChI is InChI=1S/C14H10FN3O2/c15-9-3-1-8(2-4-9)13(19)18-12-6-5-10(16)7-11(12)17-14(18)20/h1-7H,16H2,(H,17,20). The van der Waals surface area contributed by atoms with E-state index in [4.69, 9.17) is 5.73 Å². The van der Waals surface area contributed by atoms with Gasteiger partial charge in [-0.1, -0.05) is 0 Å². The third-order valence-corrected chi connectivity index (χ3v) is 3.00. The van der Waals surface area contributed by atoms with Gasteiger partial charge in [0.25, 0.3) is 5.91 Å². The number of hydrogen-bond donors (Lipinski definition) is 2. The van der Waals surface area contributed by atoms with Gasteiger partial charge in [0, 0.05) is 11.3 Å². The Balaban J connectivity index is 2.19. The van der Waals surface area contributed by atoms with Crippen molar-refractivity contribution < 1.29 is 9.18 Å². The average Bonchev–Trinajstić information content (AvgIpc) is 2.73. The molecule has 0 saturated heterocycles. The number of aromatic amines is 1. The van der Waals surface area contributed by atoms with Crippen LogP contribution in [0.25, 0.3) is 11.0 Å². The number of H-pyrrole nitrogens is 1. The van der Waals surface area contributed by atoms with Crippen LogP contribution in [0.15, 0.2) is 47.3 Å². The van der Waals surface area contributed by atoms with Gasteiger partial charge in [-0.15, -0.1) is 0 Å². The van der Waals surface area contributed by atoms with E-state index < -0.39 is 17.4 Å². The molecule has 0 atom stereocenters. The maximum atomic E-state index is 12.9. The molecule has 0 saturated carbocycles. The Morgan fingerprint density at radius 3 is 2.55 bits per heavy atom. The normalized spacial score (nSPS) is 10.8. The van der Waals surface area contributed by atoms with Crippen molar-refractivity contribution in [3.63, 3.8) is 0 Å². The van der Waals surface area contributed by atoms with Crippen molar-refractivity contribution in [2.75, 3.05) is 5.73 Å². The molecule has 20 heavy (non-hydrogen) atoms. The first kappa shape index (κ1) is 12.2. The highest BCUT2D eigenvalue weighted by molar-refractivity contribution is 6.01. The molecular weight excluding hydrogens is 261 g/mol. The number of nitrogen functional groups attached to an aromatic ring is 1. The highest BCUT2D eigenvalue weighted by Crippen LogP contribution is 2.15. The number of nitrogens with zero attached hydrogens (tertiary/aromatic N) is 1. The Morgan fingerprint density at radius 1 is 1.15 bits per heavy atom. The number of carbonyl (C=O) groups is 1. The van der Waals surface area contributed by atoms with Crippen molar-refractivity contribution in [2.45, 2.75) is 0 Å². The lowest BCUT2D eigenvalue weighted by Gasteiger charge is -2.02. The summed E-state index contributed by atoms with van der Waals surface area (Å²) in [5.41, 5.74) is 6.69. The topological polar surface area (TPSA) is 80.9 Å². The zero-order chi connectivity index (χ0) is 14.3. The third kappa shape index (κ3) is 1.87. The number of nitrogens with one attached hydrogen (secondary N) is 1. The minimum atomic E-state index is -0.556. The van der Waals surface area contributed by atoms with E-state index in [1.807, 2.05) is 0 Å². The molecule has 0 spiro atoms. The molecule has 3 rings (SSSR count). The third-order valence-electron chi connectivity index (χ3n) is 3.00. The highest BCUT2D eigenvalue weighted by atomic mass is 19.1. The van der Waals surface area contributed by atoms with E-state index >= 15 is 0 Å². The summed E-state index contributed by atoms with van der Waals surface area (Å²) in [6.07, 6.45) is 0. The van der Waals surface area contributed by atoms with Crippen LogP contribution in [0.2, 0.25) is 0 Å². The number of benzene rings is 2. The van der Waals surface area contributed by atoms with E-state index in [1.165, 1.54) is 24.3 Å². The molecular formula is C14H10FN3O2. The molecule has 1 aromatic heterocycles. The van der Waals surface area contributed by atoms with Crippen LogP contribution >= 0.6 is 0 Å². The quantitative estimate of drug-likeness (QED) is 0.661. The second-order valence-electron chi connectivity index (χ2n) is 4.35. The van der Waals surface area contributed by atoms with Gasteiger partial charge in [0.15, 0.2) is 0 Å². The molecule has 0 aliphatic rings. The predicted molar refractivity (Wildman–Crippen MR) is 73.1 cm³/mol. The minimum absolute atomic E-state index is 0.228. The highest BCUT2D eigenvalue weighted by Gasteiger charge is 2.15. The molecule has 5 nitrogen and oxygen atoms in total. The van der Waals surface area contributed by atoms with E-state index in [9.17, 15) is 14.0 Å². The maximum absolute atomic E-state index is 12.9. The number of aromatic nitrogens is 2. The maximum Gasteiger partial charge on any atom is 0.333 e. The number of hydrogen-bond acceptors (Lipinski definition) is 3. The van der Waals surface area contributed by atoms with E-state index in [0.29, 0.717) is 16.7 Å². The fourth-order valence-corrected chi connectivity index (χ4v) is 2.05. The summed E-state index contributed by atoms with van der Waals surface area (Å²) in [6.45, 7) is 0. The number of carbonyl (C=O) groups excluding carboxylic acids is 1. The molecule has 1 heterocycles. The van der Waals surface area contributed by atoms with Crippen LogP contribution in [-0.4, -0.2) is 15.5 Å². The Morgan fingerprint density at radius 2 is 1.85 bits per heavy atom. The van der Waals surface area contributed by atoms with E-state index in [2.05, 4.69) is 4.98 Å². The first-order valence-corrected chi connectivity index (χ1v) is 5.87. The molecule has 0 bridgehead atoms. The number of fused-ring (bicyclic) bond motifs is 1. The second kappa shape index (κ2) is 4.34. The van der Waals surface area contributed by atoms with Gasteiger partial charge in [-0.05, 0) is 42.5 Å². The van der Waals surface area contributed by atoms with E-state index in [-0.39, 0.29) is 5.56 Å². The van der Waals surface area contributed by atoms with Crippen molar-refractivity contribution >= 4 is 22.6 Å². The monoisotopic (exact) mass is 271 g/mol. The van der Waals surface area contributed by atoms with Gasteiger partial charge in [-0.2, -0.15) is 0 Å². The fourth-order valence-electron chi connectivity index (χ4n) is 2.05. The number of anilines is 1. The molecule has 0 amide bonds. The molecule has 0 aliphatic carbocycles. The smallest absolute Gasteiger partial charge is 0.333 e. The zero-order valence-corrected chi connectivity index (χ0v) is 10.3. The Labute approximate surface area is 112 Å². The molecule has 2 aromatic carbocycles. The molecule has 0 aliphatic heterocycles. The Kier molecular flexibility index (Phi) is 2.64. The molecule has 0 fully saturated rings. The van der Waals surface area contributed by atoms with Gasteiger partial charge in [-0.3, -0.25) is 4.79 Å². The predicted octanol–water partition coefficient (Wildman–Crippen LogP) is 1.74. The van der Waals surface area contributed by atoms with Crippen molar-refractivity contribution in [2.24, 2.45) is 0 Å². The lowest BCUT2D eigenvalue weighted by molar-refractivity contribution is 0.0961. The van der Waals surface area contributed by atoms with Crippen LogP contribution in [0.3, 0.4) is 0 Å². The largest absolute Gasteiger partial charge is 0.399 e. The Bertz CT molecular complexity index is 862. The fraction of sp³-hybridized carbons (Fsp3) is 0. The summed E-state index contributed by atoms with van der Waals surface area (Å²) in [5, 5.41) is 0. The summed E-state index contributed by atoms with van der Waals surface area (Å²) in [7, 11) is 0. The van der Waals surface area contributed by atoms with Crippen molar-refractivity contribution in [3.05, 3.63) is 64.3 Å². The van der Waals surface area contributed by atoms with Gasteiger partial charge in [0.05, 0.1) is 11.0 Å². The van der Waals surface area contributed by atoms with Crippen molar-refractivity contribution in [3.8, 4) is 0 Å². The first-order valence-electron chi connectivity index (χ1n) is 5.87. The van der Waals surface area contributed by atoms with Crippen molar-refractivity contribution in [1.82, 2.24) is 9.55 Å². The minimum Gasteiger partial charge on any atom is -0.399 e. The lowest BCUT2D eigenvalue weighted by Crippen LogP contribution is -2.24. The molecule has 100 valence electrons. The summed E-state index contributed by atoms with van der Waals surface area (Å²) < 4.78 is 13.9. The number of rotatable bonds is 1. The van der Waals surface area contributed by atoms with Crippen LogP contribution in [0.4, 0.5) is 10.1 Å². The van der Waals surface area contributed by atoms with Crippen LogP contribution in [-0.2, 0) is 0 Å². The molecule has 3 N–H and O–H groups in total. The average molecular weight is 271 g/mol. The van der Waals surface area contributed by atoms with Crippen LogP contribution in [0, 0.1) is 5.82 Å². The van der Waals surface area contributed by atoms with Crippen LogP contribution in [0.5, 0.6) is 0 Å². The molecule has 0 radical (unpaired) electrons. The van der Waals surface area contributed by atoms with Gasteiger partial charge < -0.3 is 10.7 Å². The van der Waals surface area contributed by atoms with Gasteiger partial charge >= 0.3 is 5.69 Å². The second-order valence-corrected chi connectivity index (χ2v) is 4.35. The molecule has 6 heteroatoms. The molecule has 3 aromatic rings. The van der Waals surface area contributed by atoms with Gasteiger partial charge in [0.1, 0.15) is 5.82 Å². The SMILES string of the molecule is Nc1ccc2c(c1)[nH]c(=O)n2C(=O)c1ccc(F)cc1. The van der Waals surface area contributed by atoms with E-state index in [1.54, 1.807) is 18.2 Å². The number of imidazole rings is 1. The van der Waals surface area contributed by atoms with Gasteiger partial charge in [-0.25, -0.2) is 13.8 Å². The number of nitrogens with two attached hydrogens (primary N) is 1. The van der Waals surface area contributed by atoms with E-state index in [0.717, 1.165) is 4.57 Å². The summed E-state index contributed by atoms with van der Waals surface area (Å²) >= 11 is 0. The summed E-state index contributed by atoms with van der Waals surface area (Å²) in [6, 6.07) is 9.77. The summed E-state index contributed by atoms with van der Waals surface area (Å²) in [5.74, 6) is -0.966. The van der Waals surface area contributed by atoms with Crippen LogP contribution < -0.4 is 11.4 Å². The molecule has 0 unspecified atom stereocenters. The summed E-state index contributed by atoms with van der Waals surface area (Å²) in [4.78, 5) is 26.8. The Hall–Kier alpha value is -2.89. The number of halogens is 1. The van der Waals surface area contributed by atoms with Gasteiger partial charge in [0.2, 0.25) is 0 Å².